The van der Waals surface area contributed by atoms with E-state index in [1.54, 1.807) is 6.20 Å². The highest BCUT2D eigenvalue weighted by Gasteiger charge is 2.04. The molecule has 0 fully saturated rings. The Morgan fingerprint density at radius 2 is 2.14 bits per heavy atom. The second-order valence-electron chi connectivity index (χ2n) is 2.89. The SMILES string of the molecule is CNc1ncc(Br)c2cc(Cl)ccc12. The summed E-state index contributed by atoms with van der Waals surface area (Å²) in [5.74, 6) is 0.861. The van der Waals surface area contributed by atoms with Gasteiger partial charge in [-0.3, -0.25) is 0 Å². The van der Waals surface area contributed by atoms with Gasteiger partial charge in [0.25, 0.3) is 0 Å². The number of fused-ring (bicyclic) bond motifs is 1. The molecule has 1 N–H and O–H groups in total. The molecule has 0 amide bonds. The van der Waals surface area contributed by atoms with Crippen LogP contribution in [0.1, 0.15) is 0 Å². The molecule has 1 heterocycles. The molecule has 0 aliphatic rings. The maximum atomic E-state index is 5.92. The normalized spacial score (nSPS) is 10.5. The molecule has 0 aliphatic carbocycles. The minimum Gasteiger partial charge on any atom is -0.373 e. The molecule has 2 nitrogen and oxygen atoms in total. The van der Waals surface area contributed by atoms with Crippen molar-refractivity contribution < 1.29 is 0 Å². The Balaban J connectivity index is 2.84. The molecule has 1 aromatic carbocycles. The second kappa shape index (κ2) is 3.75. The Morgan fingerprint density at radius 3 is 2.86 bits per heavy atom. The zero-order valence-corrected chi connectivity index (χ0v) is 9.85. The standard InChI is InChI=1S/C10H8BrClN2/c1-13-10-7-3-2-6(12)4-8(7)9(11)5-14-10/h2-5H,1H3,(H,13,14). The quantitative estimate of drug-likeness (QED) is 0.855. The number of anilines is 1. The van der Waals surface area contributed by atoms with Crippen molar-refractivity contribution in [3.63, 3.8) is 0 Å². The number of benzene rings is 1. The Hall–Kier alpha value is -0.800. The minimum atomic E-state index is 0.728. The van der Waals surface area contributed by atoms with Crippen molar-refractivity contribution in [2.45, 2.75) is 0 Å². The summed E-state index contributed by atoms with van der Waals surface area (Å²) in [6.07, 6.45) is 1.77. The van der Waals surface area contributed by atoms with Gasteiger partial charge in [-0.25, -0.2) is 4.98 Å². The molecular weight excluding hydrogens is 263 g/mol. The molecule has 0 saturated heterocycles. The van der Waals surface area contributed by atoms with E-state index in [2.05, 4.69) is 26.2 Å². The molecule has 0 radical (unpaired) electrons. The predicted octanol–water partition coefficient (Wildman–Crippen LogP) is 3.69. The van der Waals surface area contributed by atoms with Crippen LogP contribution in [0.5, 0.6) is 0 Å². The van der Waals surface area contributed by atoms with Crippen LogP contribution in [0.15, 0.2) is 28.9 Å². The first kappa shape index (κ1) is 9.74. The summed E-state index contributed by atoms with van der Waals surface area (Å²) in [6, 6.07) is 5.74. The number of halogens is 2. The minimum absolute atomic E-state index is 0.728. The fourth-order valence-corrected chi connectivity index (χ4v) is 1.98. The Labute approximate surface area is 95.4 Å². The van der Waals surface area contributed by atoms with Gasteiger partial charge in [-0.05, 0) is 34.1 Å². The van der Waals surface area contributed by atoms with Gasteiger partial charge >= 0.3 is 0 Å². The summed E-state index contributed by atoms with van der Waals surface area (Å²) in [7, 11) is 1.85. The van der Waals surface area contributed by atoms with Gasteiger partial charge < -0.3 is 5.32 Å². The summed E-state index contributed by atoms with van der Waals surface area (Å²) in [4.78, 5) is 4.25. The van der Waals surface area contributed by atoms with Crippen molar-refractivity contribution in [1.82, 2.24) is 4.98 Å². The van der Waals surface area contributed by atoms with E-state index in [-0.39, 0.29) is 0 Å². The van der Waals surface area contributed by atoms with Crippen molar-refractivity contribution in [3.8, 4) is 0 Å². The predicted molar refractivity (Wildman–Crippen MR) is 64.0 cm³/mol. The first-order valence-electron chi connectivity index (χ1n) is 4.14. The molecule has 0 bridgehead atoms. The zero-order chi connectivity index (χ0) is 10.1. The van der Waals surface area contributed by atoms with Crippen molar-refractivity contribution in [1.29, 1.82) is 0 Å². The lowest BCUT2D eigenvalue weighted by Gasteiger charge is -2.06. The Morgan fingerprint density at radius 1 is 1.36 bits per heavy atom. The van der Waals surface area contributed by atoms with Crippen LogP contribution in [-0.4, -0.2) is 12.0 Å². The fourth-order valence-electron chi connectivity index (χ4n) is 1.38. The largest absolute Gasteiger partial charge is 0.373 e. The monoisotopic (exact) mass is 270 g/mol. The molecule has 14 heavy (non-hydrogen) atoms. The van der Waals surface area contributed by atoms with Crippen LogP contribution in [0, 0.1) is 0 Å². The van der Waals surface area contributed by atoms with Crippen LogP contribution in [0.25, 0.3) is 10.8 Å². The molecule has 0 spiro atoms. The number of hydrogen-bond acceptors (Lipinski definition) is 2. The van der Waals surface area contributed by atoms with Gasteiger partial charge in [0.2, 0.25) is 0 Å². The Kier molecular flexibility index (Phi) is 2.61. The maximum absolute atomic E-state index is 5.92. The van der Waals surface area contributed by atoms with E-state index in [0.717, 1.165) is 26.1 Å². The summed E-state index contributed by atoms with van der Waals surface area (Å²) >= 11 is 9.37. The smallest absolute Gasteiger partial charge is 0.133 e. The summed E-state index contributed by atoms with van der Waals surface area (Å²) < 4.78 is 0.953. The average Bonchev–Trinajstić information content (AvgIpc) is 2.19. The number of nitrogens with zero attached hydrogens (tertiary/aromatic N) is 1. The van der Waals surface area contributed by atoms with Crippen molar-refractivity contribution in [2.75, 3.05) is 12.4 Å². The van der Waals surface area contributed by atoms with E-state index in [9.17, 15) is 0 Å². The van der Waals surface area contributed by atoms with Crippen LogP contribution in [0.3, 0.4) is 0 Å². The van der Waals surface area contributed by atoms with Crippen LogP contribution < -0.4 is 5.32 Å². The van der Waals surface area contributed by atoms with Gasteiger partial charge in [0.15, 0.2) is 0 Å². The third-order valence-electron chi connectivity index (χ3n) is 2.04. The van der Waals surface area contributed by atoms with E-state index in [1.807, 2.05) is 25.2 Å². The lowest BCUT2D eigenvalue weighted by atomic mass is 10.1. The summed E-state index contributed by atoms with van der Waals surface area (Å²) in [6.45, 7) is 0. The molecule has 72 valence electrons. The number of aromatic nitrogens is 1. The van der Waals surface area contributed by atoms with Crippen molar-refractivity contribution in [2.24, 2.45) is 0 Å². The second-order valence-corrected chi connectivity index (χ2v) is 4.19. The summed E-state index contributed by atoms with van der Waals surface area (Å²) in [5, 5.41) is 5.90. The van der Waals surface area contributed by atoms with Crippen LogP contribution >= 0.6 is 27.5 Å². The van der Waals surface area contributed by atoms with E-state index >= 15 is 0 Å². The van der Waals surface area contributed by atoms with Gasteiger partial charge in [0, 0.05) is 33.5 Å². The van der Waals surface area contributed by atoms with E-state index in [4.69, 9.17) is 11.6 Å². The highest BCUT2D eigenvalue weighted by atomic mass is 79.9. The number of hydrogen-bond donors (Lipinski definition) is 1. The highest BCUT2D eigenvalue weighted by molar-refractivity contribution is 9.10. The number of pyridine rings is 1. The van der Waals surface area contributed by atoms with Crippen LogP contribution in [0.4, 0.5) is 5.82 Å². The molecule has 2 rings (SSSR count). The molecule has 1 aromatic heterocycles. The van der Waals surface area contributed by atoms with E-state index in [0.29, 0.717) is 0 Å². The van der Waals surface area contributed by atoms with Gasteiger partial charge in [0.1, 0.15) is 5.82 Å². The summed E-state index contributed by atoms with van der Waals surface area (Å²) in [5.41, 5.74) is 0. The zero-order valence-electron chi connectivity index (χ0n) is 7.51. The number of rotatable bonds is 1. The Bertz CT molecular complexity index is 485. The van der Waals surface area contributed by atoms with Gasteiger partial charge in [-0.15, -0.1) is 0 Å². The highest BCUT2D eigenvalue weighted by Crippen LogP contribution is 2.29. The molecule has 0 aliphatic heterocycles. The third kappa shape index (κ3) is 1.57. The molecule has 0 atom stereocenters. The number of nitrogens with one attached hydrogen (secondary N) is 1. The first-order valence-corrected chi connectivity index (χ1v) is 5.31. The lowest BCUT2D eigenvalue weighted by molar-refractivity contribution is 1.30. The first-order chi connectivity index (χ1) is 6.72. The molecule has 2 aromatic rings. The lowest BCUT2D eigenvalue weighted by Crippen LogP contribution is -1.93. The molecule has 0 saturated carbocycles. The molecular formula is C10H8BrClN2. The van der Waals surface area contributed by atoms with Gasteiger partial charge in [-0.1, -0.05) is 11.6 Å². The van der Waals surface area contributed by atoms with E-state index < -0.39 is 0 Å². The van der Waals surface area contributed by atoms with Crippen LogP contribution in [0.2, 0.25) is 5.02 Å². The third-order valence-corrected chi connectivity index (χ3v) is 2.90. The molecule has 4 heteroatoms. The van der Waals surface area contributed by atoms with Gasteiger partial charge in [-0.2, -0.15) is 0 Å². The van der Waals surface area contributed by atoms with Crippen molar-refractivity contribution in [3.05, 3.63) is 33.9 Å². The molecule has 0 unspecified atom stereocenters. The van der Waals surface area contributed by atoms with E-state index in [1.165, 1.54) is 0 Å². The fraction of sp³-hybridized carbons (Fsp3) is 0.100. The average molecular weight is 272 g/mol. The topological polar surface area (TPSA) is 24.9 Å². The van der Waals surface area contributed by atoms with Crippen LogP contribution in [-0.2, 0) is 0 Å². The van der Waals surface area contributed by atoms with Crippen molar-refractivity contribution >= 4 is 44.1 Å². The van der Waals surface area contributed by atoms with Gasteiger partial charge in [0.05, 0.1) is 0 Å². The maximum Gasteiger partial charge on any atom is 0.133 e.